The quantitative estimate of drug-likeness (QED) is 0.650. The molecule has 0 saturated heterocycles. The number of carbonyl (C=O) groups excluding carboxylic acids is 1. The highest BCUT2D eigenvalue weighted by Gasteiger charge is 2.24. The van der Waals surface area contributed by atoms with Gasteiger partial charge in [-0.25, -0.2) is 18.2 Å². The minimum atomic E-state index is -3.30. The molecule has 20 heavy (non-hydrogen) atoms. The Hall–Kier alpha value is -1.68. The molecule has 10 heteroatoms. The summed E-state index contributed by atoms with van der Waals surface area (Å²) in [7, 11) is -3.30. The van der Waals surface area contributed by atoms with Gasteiger partial charge in [-0.05, 0) is 13.3 Å². The van der Waals surface area contributed by atoms with E-state index >= 15 is 0 Å². The van der Waals surface area contributed by atoms with Gasteiger partial charge in [0, 0.05) is 6.26 Å². The fourth-order valence-electron chi connectivity index (χ4n) is 1.44. The topological polar surface area (TPSA) is 139 Å². The second-order valence-corrected chi connectivity index (χ2v) is 7.54. The van der Waals surface area contributed by atoms with E-state index in [1.54, 1.807) is 6.92 Å². The van der Waals surface area contributed by atoms with E-state index in [0.29, 0.717) is 5.69 Å². The molecule has 0 bridgehead atoms. The number of hydrogen-bond acceptors (Lipinski definition) is 7. The zero-order valence-corrected chi connectivity index (χ0v) is 12.5. The number of rotatable bonds is 6. The smallest absolute Gasteiger partial charge is 0.326 e. The van der Waals surface area contributed by atoms with E-state index in [1.807, 2.05) is 0 Å². The molecular weight excluding hydrogens is 306 g/mol. The standard InChI is InChI=1S/C10H15N3O5S2/c1-5-7(19-10(11)12-5)8(14)13-6(9(15)16)3-4-20(2,17)18/h6H,3-4H2,1-2H3,(H2,11,12)(H,13,14)(H,15,16). The van der Waals surface area contributed by atoms with Crippen molar-refractivity contribution >= 4 is 38.2 Å². The molecule has 0 radical (unpaired) electrons. The van der Waals surface area contributed by atoms with E-state index in [4.69, 9.17) is 10.8 Å². The number of nitrogens with two attached hydrogens (primary N) is 1. The number of hydrogen-bond donors (Lipinski definition) is 3. The van der Waals surface area contributed by atoms with E-state index in [-0.39, 0.29) is 22.2 Å². The van der Waals surface area contributed by atoms with Crippen LogP contribution in [0.15, 0.2) is 0 Å². The molecule has 4 N–H and O–H groups in total. The van der Waals surface area contributed by atoms with Crippen LogP contribution in [0.5, 0.6) is 0 Å². The Kier molecular flexibility index (Phi) is 5.06. The molecule has 1 unspecified atom stereocenters. The number of sulfone groups is 1. The maximum atomic E-state index is 11.9. The van der Waals surface area contributed by atoms with E-state index in [1.165, 1.54) is 0 Å². The fraction of sp³-hybridized carbons (Fsp3) is 0.500. The number of aromatic nitrogens is 1. The number of carbonyl (C=O) groups is 2. The number of aryl methyl sites for hydroxylation is 1. The van der Waals surface area contributed by atoms with Crippen LogP contribution < -0.4 is 11.1 Å². The Labute approximate surface area is 119 Å². The highest BCUT2D eigenvalue weighted by Crippen LogP contribution is 2.19. The van der Waals surface area contributed by atoms with E-state index in [0.717, 1.165) is 17.6 Å². The lowest BCUT2D eigenvalue weighted by molar-refractivity contribution is -0.139. The van der Waals surface area contributed by atoms with Crippen molar-refractivity contribution in [1.82, 2.24) is 10.3 Å². The second kappa shape index (κ2) is 6.18. The molecule has 0 aliphatic rings. The molecule has 1 atom stereocenters. The van der Waals surface area contributed by atoms with Crippen LogP contribution in [0.4, 0.5) is 5.13 Å². The molecule has 0 aromatic carbocycles. The summed E-state index contributed by atoms with van der Waals surface area (Å²) >= 11 is 0.943. The first kappa shape index (κ1) is 16.4. The van der Waals surface area contributed by atoms with Gasteiger partial charge in [0.25, 0.3) is 5.91 Å². The number of anilines is 1. The molecule has 8 nitrogen and oxygen atoms in total. The summed E-state index contributed by atoms with van der Waals surface area (Å²) in [6.45, 7) is 1.58. The number of nitrogens with zero attached hydrogens (tertiary/aromatic N) is 1. The van der Waals surface area contributed by atoms with Crippen LogP contribution >= 0.6 is 11.3 Å². The lowest BCUT2D eigenvalue weighted by atomic mass is 10.2. The van der Waals surface area contributed by atoms with Crippen molar-refractivity contribution in [3.05, 3.63) is 10.6 Å². The highest BCUT2D eigenvalue weighted by atomic mass is 32.2. The summed E-state index contributed by atoms with van der Waals surface area (Å²) < 4.78 is 22.1. The van der Waals surface area contributed by atoms with Crippen molar-refractivity contribution < 1.29 is 23.1 Å². The number of carboxylic acids is 1. The van der Waals surface area contributed by atoms with Gasteiger partial charge in [-0.3, -0.25) is 4.79 Å². The number of nitrogen functional groups attached to an aromatic ring is 1. The molecule has 1 heterocycles. The average Bonchev–Trinajstić information content (AvgIpc) is 2.61. The summed E-state index contributed by atoms with van der Waals surface area (Å²) in [5.74, 6) is -2.25. The molecule has 0 aliphatic carbocycles. The summed E-state index contributed by atoms with van der Waals surface area (Å²) in [5.41, 5.74) is 5.86. The predicted molar refractivity (Wildman–Crippen MR) is 74.5 cm³/mol. The Bertz CT molecular complexity index is 623. The first-order chi connectivity index (χ1) is 9.10. The molecule has 0 spiro atoms. The van der Waals surface area contributed by atoms with Crippen LogP contribution in [0.2, 0.25) is 0 Å². The lowest BCUT2D eigenvalue weighted by Gasteiger charge is -2.13. The van der Waals surface area contributed by atoms with Crippen LogP contribution in [0, 0.1) is 6.92 Å². The molecule has 0 fully saturated rings. The number of amides is 1. The summed E-state index contributed by atoms with van der Waals surface area (Å²) in [5, 5.41) is 11.5. The summed E-state index contributed by atoms with van der Waals surface area (Å²) in [4.78, 5) is 27.0. The van der Waals surface area contributed by atoms with Crippen LogP contribution in [0.1, 0.15) is 21.8 Å². The van der Waals surface area contributed by atoms with Gasteiger partial charge in [-0.1, -0.05) is 11.3 Å². The Morgan fingerprint density at radius 3 is 2.50 bits per heavy atom. The van der Waals surface area contributed by atoms with Crippen molar-refractivity contribution in [2.24, 2.45) is 0 Å². The van der Waals surface area contributed by atoms with Crippen LogP contribution in [0.3, 0.4) is 0 Å². The Balaban J connectivity index is 2.78. The molecule has 112 valence electrons. The van der Waals surface area contributed by atoms with Crippen molar-refractivity contribution in [3.8, 4) is 0 Å². The average molecular weight is 321 g/mol. The molecular formula is C10H15N3O5S2. The lowest BCUT2D eigenvalue weighted by Crippen LogP contribution is -2.41. The van der Waals surface area contributed by atoms with Gasteiger partial charge >= 0.3 is 5.97 Å². The van der Waals surface area contributed by atoms with Crippen molar-refractivity contribution in [2.75, 3.05) is 17.7 Å². The first-order valence-corrected chi connectivity index (χ1v) is 8.42. The van der Waals surface area contributed by atoms with E-state index < -0.39 is 27.8 Å². The maximum absolute atomic E-state index is 11.9. The van der Waals surface area contributed by atoms with Crippen LogP contribution in [-0.4, -0.2) is 48.4 Å². The zero-order chi connectivity index (χ0) is 15.5. The molecule has 1 amide bonds. The second-order valence-electron chi connectivity index (χ2n) is 4.25. The third-order valence-corrected chi connectivity index (χ3v) is 4.36. The minimum absolute atomic E-state index is 0.201. The number of thiazole rings is 1. The first-order valence-electron chi connectivity index (χ1n) is 5.54. The third-order valence-electron chi connectivity index (χ3n) is 2.40. The van der Waals surface area contributed by atoms with E-state index in [2.05, 4.69) is 10.3 Å². The largest absolute Gasteiger partial charge is 0.480 e. The third kappa shape index (κ3) is 4.78. The monoisotopic (exact) mass is 321 g/mol. The molecule has 0 saturated carbocycles. The summed E-state index contributed by atoms with van der Waals surface area (Å²) in [6.07, 6.45) is 0.801. The number of nitrogens with one attached hydrogen (secondary N) is 1. The van der Waals surface area contributed by atoms with Crippen LogP contribution in [0.25, 0.3) is 0 Å². The van der Waals surface area contributed by atoms with E-state index in [9.17, 15) is 18.0 Å². The van der Waals surface area contributed by atoms with Gasteiger partial charge in [-0.15, -0.1) is 0 Å². The molecule has 1 rings (SSSR count). The molecule has 0 aliphatic heterocycles. The van der Waals surface area contributed by atoms with Gasteiger partial charge < -0.3 is 16.2 Å². The highest BCUT2D eigenvalue weighted by molar-refractivity contribution is 7.90. The van der Waals surface area contributed by atoms with Crippen molar-refractivity contribution in [3.63, 3.8) is 0 Å². The number of aliphatic carboxylic acids is 1. The van der Waals surface area contributed by atoms with Gasteiger partial charge in [0.05, 0.1) is 11.4 Å². The van der Waals surface area contributed by atoms with Crippen molar-refractivity contribution in [1.29, 1.82) is 0 Å². The molecule has 1 aromatic rings. The normalized spacial score (nSPS) is 12.9. The fourth-order valence-corrected chi connectivity index (χ4v) is 2.84. The number of carboxylic acid groups (broad SMARTS) is 1. The van der Waals surface area contributed by atoms with Crippen LogP contribution in [-0.2, 0) is 14.6 Å². The zero-order valence-electron chi connectivity index (χ0n) is 10.9. The van der Waals surface area contributed by atoms with Gasteiger partial charge in [-0.2, -0.15) is 0 Å². The maximum Gasteiger partial charge on any atom is 0.326 e. The Morgan fingerprint density at radius 1 is 1.50 bits per heavy atom. The molecule has 1 aromatic heterocycles. The minimum Gasteiger partial charge on any atom is -0.480 e. The Morgan fingerprint density at radius 2 is 2.10 bits per heavy atom. The summed E-state index contributed by atoms with van der Waals surface area (Å²) in [6, 6.07) is -1.28. The van der Waals surface area contributed by atoms with Gasteiger partial charge in [0.2, 0.25) is 0 Å². The van der Waals surface area contributed by atoms with Gasteiger partial charge in [0.1, 0.15) is 20.8 Å². The predicted octanol–water partition coefficient (Wildman–Crippen LogP) is -0.349. The SMILES string of the molecule is Cc1nc(N)sc1C(=O)NC(CCS(C)(=O)=O)C(=O)O. The van der Waals surface area contributed by atoms with Gasteiger partial charge in [0.15, 0.2) is 5.13 Å². The van der Waals surface area contributed by atoms with Crippen molar-refractivity contribution in [2.45, 2.75) is 19.4 Å².